The first kappa shape index (κ1) is 13.5. The molecule has 2 rings (SSSR count). The molecule has 98 valence electrons. The Morgan fingerprint density at radius 3 is 2.42 bits per heavy atom. The summed E-state index contributed by atoms with van der Waals surface area (Å²) in [5.74, 6) is 0. The van der Waals surface area contributed by atoms with E-state index in [-0.39, 0.29) is 11.2 Å². The molecular formula is C13H12BrN3O2. The van der Waals surface area contributed by atoms with Crippen molar-refractivity contribution in [3.05, 3.63) is 61.3 Å². The van der Waals surface area contributed by atoms with Gasteiger partial charge < -0.3 is 4.57 Å². The molecule has 1 aromatic heterocycles. The highest BCUT2D eigenvalue weighted by molar-refractivity contribution is 9.10. The van der Waals surface area contributed by atoms with Crippen molar-refractivity contribution in [3.8, 4) is 0 Å². The molecule has 0 amide bonds. The Morgan fingerprint density at radius 2 is 1.79 bits per heavy atom. The minimum Gasteiger partial charge on any atom is -0.303 e. The van der Waals surface area contributed by atoms with Crippen molar-refractivity contribution in [3.63, 3.8) is 0 Å². The first-order chi connectivity index (χ1) is 8.99. The van der Waals surface area contributed by atoms with Gasteiger partial charge in [-0.2, -0.15) is 0 Å². The van der Waals surface area contributed by atoms with Crippen molar-refractivity contribution >= 4 is 27.8 Å². The molecule has 0 aliphatic carbocycles. The molecule has 1 heterocycles. The van der Waals surface area contributed by atoms with Crippen LogP contribution in [0.25, 0.3) is 0 Å². The van der Waals surface area contributed by atoms with Crippen LogP contribution in [0.15, 0.2) is 49.5 Å². The average Bonchev–Trinajstić information content (AvgIpc) is 2.41. The predicted octanol–water partition coefficient (Wildman–Crippen LogP) is 1.60. The molecule has 0 bridgehead atoms. The molecule has 6 heteroatoms. The summed E-state index contributed by atoms with van der Waals surface area (Å²) in [5.41, 5.74) is 0.390. The number of aromatic nitrogens is 2. The fraction of sp³-hybridized carbons (Fsp3) is 0.154. The number of hydrogen-bond acceptors (Lipinski definition) is 3. The van der Waals surface area contributed by atoms with Gasteiger partial charge in [0.15, 0.2) is 0 Å². The molecule has 0 radical (unpaired) electrons. The zero-order valence-corrected chi connectivity index (χ0v) is 12.1. The Labute approximate surface area is 118 Å². The summed E-state index contributed by atoms with van der Waals surface area (Å²) < 4.78 is 3.37. The maximum absolute atomic E-state index is 11.9. The number of hydrogen-bond donors (Lipinski definition) is 0. The highest BCUT2D eigenvalue weighted by Gasteiger charge is 2.04. The zero-order chi connectivity index (χ0) is 14.0. The molecule has 5 nitrogen and oxygen atoms in total. The molecule has 19 heavy (non-hydrogen) atoms. The Bertz CT molecular complexity index is 742. The third kappa shape index (κ3) is 2.90. The number of benzene rings is 1. The first-order valence-electron chi connectivity index (χ1n) is 5.55. The lowest BCUT2D eigenvalue weighted by atomic mass is 10.3. The summed E-state index contributed by atoms with van der Waals surface area (Å²) in [6, 6.07) is 7.39. The van der Waals surface area contributed by atoms with Gasteiger partial charge in [0, 0.05) is 31.0 Å². The molecule has 0 aliphatic heterocycles. The van der Waals surface area contributed by atoms with Gasteiger partial charge >= 0.3 is 5.69 Å². The summed E-state index contributed by atoms with van der Waals surface area (Å²) in [7, 11) is 3.04. The largest absolute Gasteiger partial charge is 0.330 e. The summed E-state index contributed by atoms with van der Waals surface area (Å²) in [4.78, 5) is 27.6. The Morgan fingerprint density at radius 1 is 1.16 bits per heavy atom. The van der Waals surface area contributed by atoms with Gasteiger partial charge in [0.2, 0.25) is 0 Å². The van der Waals surface area contributed by atoms with E-state index >= 15 is 0 Å². The van der Waals surface area contributed by atoms with E-state index in [1.54, 1.807) is 7.05 Å². The van der Waals surface area contributed by atoms with E-state index in [1.807, 2.05) is 24.3 Å². The molecular weight excluding hydrogens is 310 g/mol. The van der Waals surface area contributed by atoms with E-state index < -0.39 is 0 Å². The van der Waals surface area contributed by atoms with E-state index in [0.717, 1.165) is 14.7 Å². The minimum atomic E-state index is -0.357. The second-order valence-electron chi connectivity index (χ2n) is 4.08. The van der Waals surface area contributed by atoms with Crippen LogP contribution in [0, 0.1) is 0 Å². The molecule has 0 aliphatic rings. The number of halogens is 1. The average molecular weight is 322 g/mol. The quantitative estimate of drug-likeness (QED) is 0.789. The van der Waals surface area contributed by atoms with Crippen LogP contribution in [0.2, 0.25) is 0 Å². The van der Waals surface area contributed by atoms with Gasteiger partial charge in [-0.05, 0) is 24.3 Å². The Kier molecular flexibility index (Phi) is 3.80. The predicted molar refractivity (Wildman–Crippen MR) is 78.3 cm³/mol. The van der Waals surface area contributed by atoms with Crippen molar-refractivity contribution < 1.29 is 0 Å². The topological polar surface area (TPSA) is 56.4 Å². The van der Waals surface area contributed by atoms with E-state index in [9.17, 15) is 9.59 Å². The fourth-order valence-electron chi connectivity index (χ4n) is 1.60. The molecule has 0 unspecified atom stereocenters. The number of aryl methyl sites for hydroxylation is 1. The molecule has 2 aromatic rings. The third-order valence-corrected chi connectivity index (χ3v) is 3.18. The van der Waals surface area contributed by atoms with Gasteiger partial charge in [0.05, 0.1) is 11.3 Å². The van der Waals surface area contributed by atoms with Gasteiger partial charge in [0.1, 0.15) is 0 Å². The summed E-state index contributed by atoms with van der Waals surface area (Å²) >= 11 is 3.34. The third-order valence-electron chi connectivity index (χ3n) is 2.65. The fourth-order valence-corrected chi connectivity index (χ4v) is 1.86. The van der Waals surface area contributed by atoms with Gasteiger partial charge in [0.25, 0.3) is 5.56 Å². The lowest BCUT2D eigenvalue weighted by Gasteiger charge is -2.02. The van der Waals surface area contributed by atoms with Crippen molar-refractivity contribution in [2.24, 2.45) is 19.1 Å². The van der Waals surface area contributed by atoms with Gasteiger partial charge in [-0.3, -0.25) is 14.4 Å². The first-order valence-corrected chi connectivity index (χ1v) is 6.34. The monoisotopic (exact) mass is 321 g/mol. The number of rotatable bonds is 2. The summed E-state index contributed by atoms with van der Waals surface area (Å²) in [5, 5.41) is 0. The van der Waals surface area contributed by atoms with Gasteiger partial charge in [-0.1, -0.05) is 15.9 Å². The van der Waals surface area contributed by atoms with E-state index in [1.165, 1.54) is 24.0 Å². The van der Waals surface area contributed by atoms with Crippen LogP contribution in [-0.4, -0.2) is 15.3 Å². The van der Waals surface area contributed by atoms with Crippen molar-refractivity contribution in [2.75, 3.05) is 0 Å². The second kappa shape index (κ2) is 5.36. The lowest BCUT2D eigenvalue weighted by Crippen LogP contribution is -2.38. The van der Waals surface area contributed by atoms with Crippen LogP contribution >= 0.6 is 15.9 Å². The van der Waals surface area contributed by atoms with Crippen LogP contribution in [-0.2, 0) is 14.1 Å². The van der Waals surface area contributed by atoms with Gasteiger partial charge in [-0.25, -0.2) is 4.79 Å². The number of aliphatic imine (C=N–C) groups is 1. The van der Waals surface area contributed by atoms with Crippen LogP contribution in [0.1, 0.15) is 5.56 Å². The highest BCUT2D eigenvalue weighted by atomic mass is 79.9. The van der Waals surface area contributed by atoms with Crippen molar-refractivity contribution in [1.82, 2.24) is 9.13 Å². The normalized spacial score (nSPS) is 11.1. The van der Waals surface area contributed by atoms with E-state index in [0.29, 0.717) is 5.56 Å². The summed E-state index contributed by atoms with van der Waals surface area (Å²) in [6.07, 6.45) is 2.94. The van der Waals surface area contributed by atoms with Crippen LogP contribution in [0.4, 0.5) is 5.69 Å². The maximum Gasteiger partial charge on any atom is 0.330 e. The van der Waals surface area contributed by atoms with Crippen LogP contribution in [0.5, 0.6) is 0 Å². The van der Waals surface area contributed by atoms with Gasteiger partial charge in [-0.15, -0.1) is 0 Å². The molecule has 0 saturated carbocycles. The standard InChI is InChI=1S/C13H12BrN3O2/c1-16-8-9(12(18)17(2)13(16)19)7-15-11-5-3-10(14)4-6-11/h3-8H,1-2H3. The second-order valence-corrected chi connectivity index (χ2v) is 4.99. The molecule has 0 saturated heterocycles. The number of nitrogens with zero attached hydrogens (tertiary/aromatic N) is 3. The summed E-state index contributed by atoms with van der Waals surface area (Å²) in [6.45, 7) is 0. The smallest absolute Gasteiger partial charge is 0.303 e. The minimum absolute atomic E-state index is 0.356. The van der Waals surface area contributed by atoms with Crippen LogP contribution < -0.4 is 11.2 Å². The molecule has 1 aromatic carbocycles. The zero-order valence-electron chi connectivity index (χ0n) is 10.5. The van der Waals surface area contributed by atoms with Crippen molar-refractivity contribution in [2.45, 2.75) is 0 Å². The molecule has 0 N–H and O–H groups in total. The van der Waals surface area contributed by atoms with E-state index in [4.69, 9.17) is 0 Å². The highest BCUT2D eigenvalue weighted by Crippen LogP contribution is 2.16. The van der Waals surface area contributed by atoms with E-state index in [2.05, 4.69) is 20.9 Å². The molecule has 0 atom stereocenters. The maximum atomic E-state index is 11.9. The molecule has 0 spiro atoms. The van der Waals surface area contributed by atoms with Crippen LogP contribution in [0.3, 0.4) is 0 Å². The Hall–Kier alpha value is -1.95. The SMILES string of the molecule is Cn1cc(C=Nc2ccc(Br)cc2)c(=O)n(C)c1=O. The molecule has 0 fully saturated rings. The Balaban J connectivity index is 2.42. The lowest BCUT2D eigenvalue weighted by molar-refractivity contribution is 0.684. The van der Waals surface area contributed by atoms with Crippen molar-refractivity contribution in [1.29, 1.82) is 0 Å².